The molecule has 1 N–H and O–H groups in total. The van der Waals surface area contributed by atoms with Gasteiger partial charge in [0, 0.05) is 23.1 Å². The average Bonchev–Trinajstić information content (AvgIpc) is 2.23. The summed E-state index contributed by atoms with van der Waals surface area (Å²) in [6, 6.07) is 8.39. The highest BCUT2D eigenvalue weighted by Crippen LogP contribution is 2.20. The number of rotatable bonds is 5. The lowest BCUT2D eigenvalue weighted by Gasteiger charge is -2.07. The summed E-state index contributed by atoms with van der Waals surface area (Å²) in [5.74, 6) is 0. The van der Waals surface area contributed by atoms with Gasteiger partial charge in [-0.15, -0.1) is 0 Å². The fourth-order valence-electron chi connectivity index (χ4n) is 1.26. The van der Waals surface area contributed by atoms with Crippen molar-refractivity contribution < 1.29 is 0 Å². The normalized spacial score (nSPS) is 9.67. The molecule has 0 amide bonds. The van der Waals surface area contributed by atoms with Crippen molar-refractivity contribution in [2.75, 3.05) is 11.9 Å². The Labute approximate surface area is 99.4 Å². The first-order chi connectivity index (χ1) is 7.24. The largest absolute Gasteiger partial charge is 0.385 e. The Balaban J connectivity index is 2.32. The number of nitriles is 1. The minimum atomic E-state index is 0.652. The molecule has 0 spiro atoms. The molecule has 0 aliphatic heterocycles. The molecule has 1 aromatic carbocycles. The molecule has 0 heterocycles. The van der Waals surface area contributed by atoms with Crippen molar-refractivity contribution in [1.82, 2.24) is 0 Å². The van der Waals surface area contributed by atoms with Crippen LogP contribution in [-0.4, -0.2) is 6.54 Å². The Kier molecular flexibility index (Phi) is 5.20. The fourth-order valence-corrected chi connectivity index (χ4v) is 1.64. The molecule has 15 heavy (non-hydrogen) atoms. The van der Waals surface area contributed by atoms with Crippen LogP contribution in [0, 0.1) is 18.3 Å². The summed E-state index contributed by atoms with van der Waals surface area (Å²) in [4.78, 5) is 0. The topological polar surface area (TPSA) is 35.8 Å². The van der Waals surface area contributed by atoms with Crippen LogP contribution in [0.2, 0.25) is 0 Å². The van der Waals surface area contributed by atoms with Gasteiger partial charge < -0.3 is 5.32 Å². The van der Waals surface area contributed by atoms with Gasteiger partial charge in [-0.05, 0) is 37.5 Å². The second-order valence-corrected chi connectivity index (χ2v) is 4.36. The van der Waals surface area contributed by atoms with Crippen molar-refractivity contribution in [1.29, 1.82) is 5.26 Å². The van der Waals surface area contributed by atoms with E-state index in [0.29, 0.717) is 6.42 Å². The minimum Gasteiger partial charge on any atom is -0.385 e. The van der Waals surface area contributed by atoms with Gasteiger partial charge in [0.05, 0.1) is 6.07 Å². The molecule has 3 heteroatoms. The molecule has 0 saturated carbocycles. The molecule has 80 valence electrons. The van der Waals surface area contributed by atoms with E-state index in [0.717, 1.165) is 29.5 Å². The molecular formula is C12H15BrN2. The Hall–Kier alpha value is -1.01. The van der Waals surface area contributed by atoms with Crippen LogP contribution in [0.15, 0.2) is 22.7 Å². The summed E-state index contributed by atoms with van der Waals surface area (Å²) in [5, 5.41) is 11.7. The molecule has 1 rings (SSSR count). The molecule has 0 unspecified atom stereocenters. The lowest BCUT2D eigenvalue weighted by molar-refractivity contribution is 0.784. The Bertz CT molecular complexity index is 355. The predicted octanol–water partition coefficient (Wildman–Crippen LogP) is 3.86. The van der Waals surface area contributed by atoms with Crippen LogP contribution in [0.4, 0.5) is 5.69 Å². The third-order valence-electron chi connectivity index (χ3n) is 2.22. The zero-order valence-corrected chi connectivity index (χ0v) is 10.5. The molecule has 0 aliphatic carbocycles. The summed E-state index contributed by atoms with van der Waals surface area (Å²) in [6.07, 6.45) is 2.66. The van der Waals surface area contributed by atoms with Crippen LogP contribution in [0.5, 0.6) is 0 Å². The van der Waals surface area contributed by atoms with Crippen LogP contribution in [0.25, 0.3) is 0 Å². The van der Waals surface area contributed by atoms with Gasteiger partial charge in [-0.25, -0.2) is 0 Å². The van der Waals surface area contributed by atoms with E-state index in [1.165, 1.54) is 5.56 Å². The highest BCUT2D eigenvalue weighted by molar-refractivity contribution is 9.10. The Morgan fingerprint density at radius 1 is 1.40 bits per heavy atom. The molecule has 0 aromatic heterocycles. The Morgan fingerprint density at radius 2 is 2.20 bits per heavy atom. The van der Waals surface area contributed by atoms with Crippen LogP contribution >= 0.6 is 15.9 Å². The molecule has 2 nitrogen and oxygen atoms in total. The summed E-state index contributed by atoms with van der Waals surface area (Å²) in [7, 11) is 0. The van der Waals surface area contributed by atoms with Gasteiger partial charge in [-0.1, -0.05) is 22.0 Å². The summed E-state index contributed by atoms with van der Waals surface area (Å²) < 4.78 is 1.13. The predicted molar refractivity (Wildman–Crippen MR) is 66.8 cm³/mol. The van der Waals surface area contributed by atoms with E-state index in [2.05, 4.69) is 52.4 Å². The lowest BCUT2D eigenvalue weighted by Crippen LogP contribution is -2.01. The van der Waals surface area contributed by atoms with E-state index in [1.807, 2.05) is 0 Å². The number of hydrogen-bond acceptors (Lipinski definition) is 2. The van der Waals surface area contributed by atoms with Crippen molar-refractivity contribution in [3.63, 3.8) is 0 Å². The minimum absolute atomic E-state index is 0.652. The van der Waals surface area contributed by atoms with E-state index < -0.39 is 0 Å². The van der Waals surface area contributed by atoms with Gasteiger partial charge in [-0.2, -0.15) is 5.26 Å². The number of halogens is 1. The third kappa shape index (κ3) is 4.35. The Morgan fingerprint density at radius 3 is 2.87 bits per heavy atom. The zero-order valence-electron chi connectivity index (χ0n) is 8.89. The summed E-state index contributed by atoms with van der Waals surface area (Å²) >= 11 is 3.50. The first kappa shape index (κ1) is 12.1. The fraction of sp³-hybridized carbons (Fsp3) is 0.417. The quantitative estimate of drug-likeness (QED) is 0.822. The van der Waals surface area contributed by atoms with Crippen molar-refractivity contribution in [2.45, 2.75) is 26.2 Å². The van der Waals surface area contributed by atoms with Crippen molar-refractivity contribution in [3.05, 3.63) is 28.2 Å². The zero-order chi connectivity index (χ0) is 11.1. The molecule has 1 aromatic rings. The van der Waals surface area contributed by atoms with Crippen LogP contribution in [-0.2, 0) is 0 Å². The molecule has 0 saturated heterocycles. The van der Waals surface area contributed by atoms with Crippen molar-refractivity contribution in [3.8, 4) is 6.07 Å². The SMILES string of the molecule is Cc1ccc(NCCCCC#N)cc1Br. The molecule has 0 fully saturated rings. The van der Waals surface area contributed by atoms with E-state index in [-0.39, 0.29) is 0 Å². The number of unbranched alkanes of at least 4 members (excludes halogenated alkanes) is 2. The second kappa shape index (κ2) is 6.47. The number of hydrogen-bond donors (Lipinski definition) is 1. The van der Waals surface area contributed by atoms with Gasteiger partial charge in [0.2, 0.25) is 0 Å². The van der Waals surface area contributed by atoms with Crippen LogP contribution < -0.4 is 5.32 Å². The molecular weight excluding hydrogens is 252 g/mol. The number of benzene rings is 1. The molecule has 0 aliphatic rings. The molecule has 0 atom stereocenters. The van der Waals surface area contributed by atoms with Crippen molar-refractivity contribution in [2.24, 2.45) is 0 Å². The first-order valence-electron chi connectivity index (χ1n) is 5.11. The number of aryl methyl sites for hydroxylation is 1. The maximum Gasteiger partial charge on any atom is 0.0621 e. The molecule has 0 bridgehead atoms. The van der Waals surface area contributed by atoms with Gasteiger partial charge in [0.1, 0.15) is 0 Å². The third-order valence-corrected chi connectivity index (χ3v) is 3.07. The van der Waals surface area contributed by atoms with Gasteiger partial charge in [-0.3, -0.25) is 0 Å². The second-order valence-electron chi connectivity index (χ2n) is 3.51. The lowest BCUT2D eigenvalue weighted by atomic mass is 10.2. The van der Waals surface area contributed by atoms with Gasteiger partial charge in [0.15, 0.2) is 0 Å². The van der Waals surface area contributed by atoms with E-state index in [4.69, 9.17) is 5.26 Å². The monoisotopic (exact) mass is 266 g/mol. The smallest absolute Gasteiger partial charge is 0.0621 e. The maximum absolute atomic E-state index is 8.37. The van der Waals surface area contributed by atoms with Crippen LogP contribution in [0.1, 0.15) is 24.8 Å². The van der Waals surface area contributed by atoms with E-state index in [9.17, 15) is 0 Å². The number of nitrogens with zero attached hydrogens (tertiary/aromatic N) is 1. The highest BCUT2D eigenvalue weighted by Gasteiger charge is 1.96. The van der Waals surface area contributed by atoms with Crippen molar-refractivity contribution >= 4 is 21.6 Å². The van der Waals surface area contributed by atoms with Gasteiger partial charge in [0.25, 0.3) is 0 Å². The number of nitrogens with one attached hydrogen (secondary N) is 1. The average molecular weight is 267 g/mol. The first-order valence-corrected chi connectivity index (χ1v) is 5.90. The van der Waals surface area contributed by atoms with Crippen LogP contribution in [0.3, 0.4) is 0 Å². The van der Waals surface area contributed by atoms with Gasteiger partial charge >= 0.3 is 0 Å². The maximum atomic E-state index is 8.37. The van der Waals surface area contributed by atoms with E-state index in [1.54, 1.807) is 0 Å². The van der Waals surface area contributed by atoms with E-state index >= 15 is 0 Å². The summed E-state index contributed by atoms with van der Waals surface area (Å²) in [6.45, 7) is 3.00. The highest BCUT2D eigenvalue weighted by atomic mass is 79.9. The molecule has 0 radical (unpaired) electrons. The number of anilines is 1. The summed E-state index contributed by atoms with van der Waals surface area (Å²) in [5.41, 5.74) is 2.37. The standard InChI is InChI=1S/C12H15BrN2/c1-10-5-6-11(9-12(10)13)15-8-4-2-3-7-14/h5-6,9,15H,2-4,8H2,1H3.